The number of carbonyl (C=O) groups is 1. The summed E-state index contributed by atoms with van der Waals surface area (Å²) in [5, 5.41) is 1.13. The zero-order chi connectivity index (χ0) is 18.8. The van der Waals surface area contributed by atoms with Crippen LogP contribution >= 0.6 is 0 Å². The zero-order valence-electron chi connectivity index (χ0n) is 13.9. The molecule has 0 saturated carbocycles. The number of oxazole rings is 1. The predicted molar refractivity (Wildman–Crippen MR) is 95.6 cm³/mol. The number of halogens is 1. The van der Waals surface area contributed by atoms with Crippen LogP contribution in [0.3, 0.4) is 0 Å². The van der Waals surface area contributed by atoms with Crippen molar-refractivity contribution in [3.8, 4) is 11.3 Å². The number of rotatable bonds is 4. The Morgan fingerprint density at radius 2 is 1.93 bits per heavy atom. The molecule has 0 fully saturated rings. The summed E-state index contributed by atoms with van der Waals surface area (Å²) >= 11 is 0. The summed E-state index contributed by atoms with van der Waals surface area (Å²) in [5.74, 6) is -0.429. The van der Waals surface area contributed by atoms with Crippen molar-refractivity contribution in [1.29, 1.82) is 0 Å². The van der Waals surface area contributed by atoms with E-state index in [4.69, 9.17) is 9.15 Å². The van der Waals surface area contributed by atoms with E-state index >= 15 is 0 Å². The summed E-state index contributed by atoms with van der Waals surface area (Å²) < 4.78 is 23.6. The maximum Gasteiger partial charge on any atom is 0.355 e. The van der Waals surface area contributed by atoms with Gasteiger partial charge in [-0.2, -0.15) is 0 Å². The number of hydrogen-bond acceptors (Lipinski definition) is 5. The predicted octanol–water partition coefficient (Wildman–Crippen LogP) is 3.68. The third-order valence-electron chi connectivity index (χ3n) is 3.98. The SMILES string of the molecule is O=C(OCc1ncc(-c2ccc(F)cc2)o1)c1cc2ccccc2c(=O)[nH]1. The number of pyridine rings is 1. The molecule has 0 aliphatic heterocycles. The molecule has 0 aliphatic rings. The number of nitrogens with zero attached hydrogens (tertiary/aromatic N) is 1. The molecular weight excluding hydrogens is 351 g/mol. The van der Waals surface area contributed by atoms with Crippen LogP contribution in [-0.4, -0.2) is 15.9 Å². The Bertz CT molecular complexity index is 1180. The number of fused-ring (bicyclic) bond motifs is 1. The highest BCUT2D eigenvalue weighted by atomic mass is 19.1. The first-order chi connectivity index (χ1) is 13.1. The molecule has 6 nitrogen and oxygen atoms in total. The summed E-state index contributed by atoms with van der Waals surface area (Å²) in [4.78, 5) is 30.8. The van der Waals surface area contributed by atoms with Crippen LogP contribution in [0.1, 0.15) is 16.4 Å². The second kappa shape index (κ2) is 6.87. The number of aromatic nitrogens is 2. The smallest absolute Gasteiger partial charge is 0.355 e. The molecule has 1 N–H and O–H groups in total. The van der Waals surface area contributed by atoms with Crippen molar-refractivity contribution in [2.45, 2.75) is 6.61 Å². The minimum Gasteiger partial charge on any atom is -0.451 e. The number of H-pyrrole nitrogens is 1. The quantitative estimate of drug-likeness (QED) is 0.558. The first kappa shape index (κ1) is 16.7. The van der Waals surface area contributed by atoms with Crippen molar-refractivity contribution in [3.63, 3.8) is 0 Å². The summed E-state index contributed by atoms with van der Waals surface area (Å²) in [6.07, 6.45) is 1.47. The molecule has 2 aromatic heterocycles. The molecular formula is C20H13FN2O4. The van der Waals surface area contributed by atoms with Gasteiger partial charge in [0.1, 0.15) is 11.5 Å². The zero-order valence-corrected chi connectivity index (χ0v) is 13.9. The van der Waals surface area contributed by atoms with Crippen LogP contribution < -0.4 is 5.56 Å². The lowest BCUT2D eigenvalue weighted by Gasteiger charge is -2.04. The molecule has 7 heteroatoms. The van der Waals surface area contributed by atoms with E-state index in [9.17, 15) is 14.0 Å². The van der Waals surface area contributed by atoms with Crippen LogP contribution in [-0.2, 0) is 11.3 Å². The van der Waals surface area contributed by atoms with Crippen molar-refractivity contribution >= 4 is 16.7 Å². The van der Waals surface area contributed by atoms with Gasteiger partial charge in [-0.15, -0.1) is 0 Å². The van der Waals surface area contributed by atoms with Crippen LogP contribution in [0.4, 0.5) is 4.39 Å². The number of hydrogen-bond donors (Lipinski definition) is 1. The molecule has 0 amide bonds. The molecule has 4 aromatic rings. The Morgan fingerprint density at radius 1 is 1.15 bits per heavy atom. The Morgan fingerprint density at radius 3 is 2.74 bits per heavy atom. The number of nitrogens with one attached hydrogen (secondary N) is 1. The molecule has 0 aliphatic carbocycles. The maximum absolute atomic E-state index is 13.0. The van der Waals surface area contributed by atoms with Gasteiger partial charge in [0.05, 0.1) is 6.20 Å². The van der Waals surface area contributed by atoms with Gasteiger partial charge in [-0.05, 0) is 41.8 Å². The van der Waals surface area contributed by atoms with Crippen molar-refractivity contribution in [2.75, 3.05) is 0 Å². The van der Waals surface area contributed by atoms with E-state index in [0.29, 0.717) is 22.1 Å². The summed E-state index contributed by atoms with van der Waals surface area (Å²) in [7, 11) is 0. The summed E-state index contributed by atoms with van der Waals surface area (Å²) in [5.41, 5.74) is 0.333. The van der Waals surface area contributed by atoms with Gasteiger partial charge in [0.15, 0.2) is 12.4 Å². The fourth-order valence-electron chi connectivity index (χ4n) is 2.65. The number of ether oxygens (including phenoxy) is 1. The van der Waals surface area contributed by atoms with Gasteiger partial charge in [0, 0.05) is 10.9 Å². The van der Waals surface area contributed by atoms with Gasteiger partial charge in [-0.25, -0.2) is 14.2 Å². The van der Waals surface area contributed by atoms with Gasteiger partial charge in [-0.1, -0.05) is 18.2 Å². The highest BCUT2D eigenvalue weighted by Gasteiger charge is 2.13. The summed E-state index contributed by atoms with van der Waals surface area (Å²) in [6, 6.07) is 14.2. The third-order valence-corrected chi connectivity index (χ3v) is 3.98. The van der Waals surface area contributed by atoms with Crippen LogP contribution in [0, 0.1) is 5.82 Å². The minimum absolute atomic E-state index is 0.0454. The largest absolute Gasteiger partial charge is 0.451 e. The molecule has 4 rings (SSSR count). The van der Waals surface area contributed by atoms with Crippen LogP contribution in [0.15, 0.2) is 70.0 Å². The second-order valence-electron chi connectivity index (χ2n) is 5.80. The fraction of sp³-hybridized carbons (Fsp3) is 0.0500. The van der Waals surface area contributed by atoms with Crippen molar-refractivity contribution in [1.82, 2.24) is 9.97 Å². The van der Waals surface area contributed by atoms with Crippen LogP contribution in [0.5, 0.6) is 0 Å². The average molecular weight is 364 g/mol. The molecule has 0 bridgehead atoms. The first-order valence-electron chi connectivity index (χ1n) is 8.10. The van der Waals surface area contributed by atoms with E-state index in [-0.39, 0.29) is 29.6 Å². The fourth-order valence-corrected chi connectivity index (χ4v) is 2.65. The molecule has 2 aromatic carbocycles. The average Bonchev–Trinajstić information content (AvgIpc) is 3.15. The third kappa shape index (κ3) is 3.48. The summed E-state index contributed by atoms with van der Waals surface area (Å²) in [6.45, 7) is -0.200. The number of esters is 1. The molecule has 0 saturated heterocycles. The van der Waals surface area contributed by atoms with Gasteiger partial charge >= 0.3 is 5.97 Å². The van der Waals surface area contributed by atoms with Gasteiger partial charge in [0.2, 0.25) is 5.89 Å². The van der Waals surface area contributed by atoms with Crippen molar-refractivity contribution in [3.05, 3.63) is 88.5 Å². The standard InChI is InChI=1S/C20H13FN2O4/c21-14-7-5-12(6-8-14)17-10-22-18(27-17)11-26-20(25)16-9-13-3-1-2-4-15(13)19(24)23-16/h1-10H,11H2,(H,23,24). The Balaban J connectivity index is 1.48. The lowest BCUT2D eigenvalue weighted by atomic mass is 10.1. The van der Waals surface area contributed by atoms with E-state index in [1.807, 2.05) is 0 Å². The number of benzene rings is 2. The minimum atomic E-state index is -0.695. The first-order valence-corrected chi connectivity index (χ1v) is 8.10. The van der Waals surface area contributed by atoms with Crippen molar-refractivity contribution in [2.24, 2.45) is 0 Å². The monoisotopic (exact) mass is 364 g/mol. The highest BCUT2D eigenvalue weighted by molar-refractivity contribution is 5.92. The molecule has 0 unspecified atom stereocenters. The van der Waals surface area contributed by atoms with E-state index < -0.39 is 5.97 Å². The Labute approximate surface area is 152 Å². The normalized spacial score (nSPS) is 10.9. The van der Waals surface area contributed by atoms with E-state index in [1.165, 1.54) is 18.3 Å². The van der Waals surface area contributed by atoms with Crippen LogP contribution in [0.25, 0.3) is 22.1 Å². The molecule has 0 radical (unpaired) electrons. The maximum atomic E-state index is 13.0. The lowest BCUT2D eigenvalue weighted by Crippen LogP contribution is -2.15. The Hall–Kier alpha value is -3.74. The molecule has 27 heavy (non-hydrogen) atoms. The lowest BCUT2D eigenvalue weighted by molar-refractivity contribution is 0.0432. The number of aromatic amines is 1. The van der Waals surface area contributed by atoms with E-state index in [2.05, 4.69) is 9.97 Å². The molecule has 0 spiro atoms. The highest BCUT2D eigenvalue weighted by Crippen LogP contribution is 2.21. The molecule has 134 valence electrons. The molecule has 2 heterocycles. The van der Waals surface area contributed by atoms with Crippen molar-refractivity contribution < 1.29 is 18.3 Å². The van der Waals surface area contributed by atoms with Gasteiger partial charge in [0.25, 0.3) is 5.56 Å². The topological polar surface area (TPSA) is 85.2 Å². The van der Waals surface area contributed by atoms with Gasteiger partial charge < -0.3 is 14.1 Å². The Kier molecular flexibility index (Phi) is 4.25. The van der Waals surface area contributed by atoms with Crippen LogP contribution in [0.2, 0.25) is 0 Å². The van der Waals surface area contributed by atoms with E-state index in [0.717, 1.165) is 0 Å². The van der Waals surface area contributed by atoms with Gasteiger partial charge in [-0.3, -0.25) is 4.79 Å². The second-order valence-corrected chi connectivity index (χ2v) is 5.80. The number of carbonyl (C=O) groups excluding carboxylic acids is 1. The van der Waals surface area contributed by atoms with E-state index in [1.54, 1.807) is 42.5 Å². The molecule has 0 atom stereocenters.